The van der Waals surface area contributed by atoms with Crippen LogP contribution in [0, 0.1) is 5.92 Å². The van der Waals surface area contributed by atoms with Gasteiger partial charge in [0.2, 0.25) is 0 Å². The van der Waals surface area contributed by atoms with Gasteiger partial charge in [0, 0.05) is 13.8 Å². The molecule has 1 saturated heterocycles. The van der Waals surface area contributed by atoms with Crippen LogP contribution in [0.4, 0.5) is 0 Å². The zero-order valence-corrected chi connectivity index (χ0v) is 10.2. The second-order valence-electron chi connectivity index (χ2n) is 4.64. The van der Waals surface area contributed by atoms with Crippen molar-refractivity contribution in [2.45, 2.75) is 58.7 Å². The molecule has 16 heavy (non-hydrogen) atoms. The highest BCUT2D eigenvalue weighted by Gasteiger charge is 2.42. The minimum absolute atomic E-state index is 0.447. The van der Waals surface area contributed by atoms with Crippen LogP contribution < -0.4 is 0 Å². The predicted octanol–water partition coefficient (Wildman–Crippen LogP) is 2.41. The number of carbonyl (C=O) groups excluding carboxylic acids is 2. The van der Waals surface area contributed by atoms with Gasteiger partial charge in [-0.2, -0.15) is 0 Å². The van der Waals surface area contributed by atoms with Crippen molar-refractivity contribution in [1.29, 1.82) is 0 Å². The zero-order chi connectivity index (χ0) is 12.2. The monoisotopic (exact) mass is 228 g/mol. The van der Waals surface area contributed by atoms with Gasteiger partial charge < -0.3 is 9.47 Å². The first-order valence-corrected chi connectivity index (χ1v) is 5.92. The molecule has 0 saturated carbocycles. The van der Waals surface area contributed by atoms with Crippen molar-refractivity contribution in [1.82, 2.24) is 0 Å². The summed E-state index contributed by atoms with van der Waals surface area (Å²) in [6.45, 7) is 5.25. The van der Waals surface area contributed by atoms with Gasteiger partial charge in [-0.3, -0.25) is 9.59 Å². The van der Waals surface area contributed by atoms with Gasteiger partial charge in [0.1, 0.15) is 0 Å². The fourth-order valence-electron chi connectivity index (χ4n) is 1.75. The van der Waals surface area contributed by atoms with E-state index in [1.807, 2.05) is 0 Å². The van der Waals surface area contributed by atoms with Gasteiger partial charge in [-0.05, 0) is 6.42 Å². The van der Waals surface area contributed by atoms with Crippen LogP contribution in [0.5, 0.6) is 0 Å². The summed E-state index contributed by atoms with van der Waals surface area (Å²) in [5.41, 5.74) is 0. The molecule has 0 N–H and O–H groups in total. The summed E-state index contributed by atoms with van der Waals surface area (Å²) in [5.74, 6) is -2.71. The third kappa shape index (κ3) is 3.51. The maximum absolute atomic E-state index is 11.6. The quantitative estimate of drug-likeness (QED) is 0.412. The van der Waals surface area contributed by atoms with Crippen molar-refractivity contribution in [2.75, 3.05) is 0 Å². The fourth-order valence-corrected chi connectivity index (χ4v) is 1.75. The molecule has 0 aromatic rings. The molecule has 0 unspecified atom stereocenters. The smallest absolute Gasteiger partial charge is 0.323 e. The van der Waals surface area contributed by atoms with Gasteiger partial charge in [0.25, 0.3) is 5.79 Å². The van der Waals surface area contributed by atoms with Crippen LogP contribution in [0.3, 0.4) is 0 Å². The molecule has 1 heterocycles. The van der Waals surface area contributed by atoms with Crippen LogP contribution >= 0.6 is 0 Å². The summed E-state index contributed by atoms with van der Waals surface area (Å²) in [6.07, 6.45) is 4.70. The summed E-state index contributed by atoms with van der Waals surface area (Å²) in [7, 11) is 0. The highest BCUT2D eigenvalue weighted by Crippen LogP contribution is 2.26. The summed E-state index contributed by atoms with van der Waals surface area (Å²) in [6, 6.07) is 0. The Morgan fingerprint density at radius 3 is 2.12 bits per heavy atom. The summed E-state index contributed by atoms with van der Waals surface area (Å²) in [5, 5.41) is 0. The van der Waals surface area contributed by atoms with E-state index in [1.54, 1.807) is 13.8 Å². The Labute approximate surface area is 96.3 Å². The van der Waals surface area contributed by atoms with Crippen molar-refractivity contribution in [3.05, 3.63) is 0 Å². The number of carbonyl (C=O) groups is 2. The van der Waals surface area contributed by atoms with Crippen LogP contribution in [0.25, 0.3) is 0 Å². The van der Waals surface area contributed by atoms with Crippen LogP contribution in [0.15, 0.2) is 0 Å². The minimum Gasteiger partial charge on any atom is -0.422 e. The van der Waals surface area contributed by atoms with Crippen molar-refractivity contribution >= 4 is 11.9 Å². The Morgan fingerprint density at radius 1 is 1.06 bits per heavy atom. The molecule has 0 radical (unpaired) electrons. The molecule has 0 aromatic heterocycles. The SMILES string of the molecule is CCCCCCC1C(=O)OC(C)(C)OC1=O. The van der Waals surface area contributed by atoms with Gasteiger partial charge >= 0.3 is 11.9 Å². The average Bonchev–Trinajstić information content (AvgIpc) is 2.13. The van der Waals surface area contributed by atoms with Crippen molar-refractivity contribution in [3.8, 4) is 0 Å². The van der Waals surface area contributed by atoms with Gasteiger partial charge in [-0.15, -0.1) is 0 Å². The lowest BCUT2D eigenvalue weighted by Gasteiger charge is -2.32. The van der Waals surface area contributed by atoms with E-state index >= 15 is 0 Å². The van der Waals surface area contributed by atoms with Crippen LogP contribution in [0.1, 0.15) is 52.9 Å². The van der Waals surface area contributed by atoms with Crippen molar-refractivity contribution < 1.29 is 19.1 Å². The van der Waals surface area contributed by atoms with Gasteiger partial charge in [-0.25, -0.2) is 0 Å². The Bertz CT molecular complexity index is 250. The molecule has 1 fully saturated rings. The van der Waals surface area contributed by atoms with E-state index in [4.69, 9.17) is 9.47 Å². The molecular weight excluding hydrogens is 208 g/mol. The predicted molar refractivity (Wildman–Crippen MR) is 58.5 cm³/mol. The van der Waals surface area contributed by atoms with Gasteiger partial charge in [0.05, 0.1) is 0 Å². The van der Waals surface area contributed by atoms with E-state index in [0.29, 0.717) is 6.42 Å². The number of hydrogen-bond acceptors (Lipinski definition) is 4. The molecule has 0 aromatic carbocycles. The number of ether oxygens (including phenoxy) is 2. The number of unbranched alkanes of at least 4 members (excludes halogenated alkanes) is 3. The van der Waals surface area contributed by atoms with E-state index in [-0.39, 0.29) is 0 Å². The van der Waals surface area contributed by atoms with Crippen molar-refractivity contribution in [3.63, 3.8) is 0 Å². The summed E-state index contributed by atoms with van der Waals surface area (Å²) >= 11 is 0. The molecule has 92 valence electrons. The number of rotatable bonds is 5. The first kappa shape index (κ1) is 13.0. The number of esters is 2. The minimum atomic E-state index is -1.10. The highest BCUT2D eigenvalue weighted by molar-refractivity contribution is 5.96. The maximum Gasteiger partial charge on any atom is 0.323 e. The highest BCUT2D eigenvalue weighted by atomic mass is 16.7. The standard InChI is InChI=1S/C12H20O4/c1-4-5-6-7-8-9-10(13)15-12(2,3)16-11(9)14/h9H,4-8H2,1-3H3. The summed E-state index contributed by atoms with van der Waals surface area (Å²) < 4.78 is 10.1. The van der Waals surface area contributed by atoms with Crippen molar-refractivity contribution in [2.24, 2.45) is 5.92 Å². The first-order chi connectivity index (χ1) is 7.46. The third-order valence-corrected chi connectivity index (χ3v) is 2.61. The molecular formula is C12H20O4. The molecule has 0 atom stereocenters. The Hall–Kier alpha value is -1.06. The number of hydrogen-bond donors (Lipinski definition) is 0. The normalized spacial score (nSPS) is 20.4. The lowest BCUT2D eigenvalue weighted by Crippen LogP contribution is -2.46. The molecule has 1 aliphatic heterocycles. The molecule has 0 spiro atoms. The second-order valence-corrected chi connectivity index (χ2v) is 4.64. The molecule has 1 aliphatic rings. The number of cyclic esters (lactones) is 2. The lowest BCUT2D eigenvalue weighted by atomic mass is 10.00. The first-order valence-electron chi connectivity index (χ1n) is 5.92. The molecule has 0 bridgehead atoms. The largest absolute Gasteiger partial charge is 0.422 e. The van der Waals surface area contributed by atoms with Gasteiger partial charge in [-0.1, -0.05) is 32.6 Å². The van der Waals surface area contributed by atoms with E-state index in [9.17, 15) is 9.59 Å². The van der Waals surface area contributed by atoms with E-state index in [2.05, 4.69) is 6.92 Å². The average molecular weight is 228 g/mol. The third-order valence-electron chi connectivity index (χ3n) is 2.61. The van der Waals surface area contributed by atoms with Crippen LogP contribution in [-0.4, -0.2) is 17.7 Å². The fraction of sp³-hybridized carbons (Fsp3) is 0.833. The lowest BCUT2D eigenvalue weighted by molar-refractivity contribution is -0.240. The Balaban J connectivity index is 2.42. The Morgan fingerprint density at radius 2 is 1.62 bits per heavy atom. The molecule has 0 amide bonds. The summed E-state index contributed by atoms with van der Waals surface area (Å²) in [4.78, 5) is 23.1. The van der Waals surface area contributed by atoms with E-state index in [1.165, 1.54) is 0 Å². The molecule has 4 heteroatoms. The van der Waals surface area contributed by atoms with Crippen LogP contribution in [-0.2, 0) is 19.1 Å². The molecule has 1 rings (SSSR count). The maximum atomic E-state index is 11.6. The zero-order valence-electron chi connectivity index (χ0n) is 10.2. The topological polar surface area (TPSA) is 52.6 Å². The van der Waals surface area contributed by atoms with Gasteiger partial charge in [0.15, 0.2) is 5.92 Å². The van der Waals surface area contributed by atoms with Crippen LogP contribution in [0.2, 0.25) is 0 Å². The van der Waals surface area contributed by atoms with E-state index < -0.39 is 23.6 Å². The molecule has 0 aliphatic carbocycles. The molecule has 4 nitrogen and oxygen atoms in total. The Kier molecular flexibility index (Phi) is 4.33. The second kappa shape index (κ2) is 5.32. The van der Waals surface area contributed by atoms with E-state index in [0.717, 1.165) is 25.7 Å².